The molecular weight excluding hydrogens is 262 g/mol. The van der Waals surface area contributed by atoms with Crippen LogP contribution < -0.4 is 4.74 Å². The van der Waals surface area contributed by atoms with Crippen molar-refractivity contribution in [2.24, 2.45) is 0 Å². The Balaban J connectivity index is 2.97. The fraction of sp³-hybridized carbons (Fsp3) is 0.556. The van der Waals surface area contributed by atoms with Crippen LogP contribution in [0.5, 0.6) is 5.75 Å². The molecule has 0 spiro atoms. The standard InChI is InChI=1S/C18H27NO2/c1-5-11-19(15(2)3)14-17-13-16(8-6-7-12-20)9-10-18(17)21-4/h9-10,13,15,20H,5,7,11-12,14H2,1-4H3. The van der Waals surface area contributed by atoms with Gasteiger partial charge in [0.1, 0.15) is 5.75 Å². The maximum atomic E-state index is 8.79. The lowest BCUT2D eigenvalue weighted by Crippen LogP contribution is -2.31. The molecule has 1 N–H and O–H groups in total. The molecule has 1 rings (SSSR count). The molecule has 1 aromatic rings. The number of aliphatic hydroxyl groups excluding tert-OH is 1. The van der Waals surface area contributed by atoms with Crippen LogP contribution in [0.25, 0.3) is 0 Å². The molecule has 0 atom stereocenters. The van der Waals surface area contributed by atoms with Gasteiger partial charge in [-0.15, -0.1) is 0 Å². The Labute approximate surface area is 128 Å². The second kappa shape index (κ2) is 9.44. The van der Waals surface area contributed by atoms with Crippen molar-refractivity contribution in [3.8, 4) is 17.6 Å². The lowest BCUT2D eigenvalue weighted by molar-refractivity contribution is 0.210. The van der Waals surface area contributed by atoms with E-state index in [4.69, 9.17) is 9.84 Å². The zero-order chi connectivity index (χ0) is 15.7. The van der Waals surface area contributed by atoms with E-state index in [1.807, 2.05) is 12.1 Å². The molecule has 0 heterocycles. The summed E-state index contributed by atoms with van der Waals surface area (Å²) in [7, 11) is 1.70. The van der Waals surface area contributed by atoms with Gasteiger partial charge in [-0.05, 0) is 45.0 Å². The van der Waals surface area contributed by atoms with Crippen LogP contribution in [0.4, 0.5) is 0 Å². The van der Waals surface area contributed by atoms with Crippen molar-refractivity contribution in [2.75, 3.05) is 20.3 Å². The number of hydrogen-bond acceptors (Lipinski definition) is 3. The average Bonchev–Trinajstić information content (AvgIpc) is 2.47. The van der Waals surface area contributed by atoms with E-state index < -0.39 is 0 Å². The van der Waals surface area contributed by atoms with Gasteiger partial charge in [0.15, 0.2) is 0 Å². The number of hydrogen-bond donors (Lipinski definition) is 1. The third kappa shape index (κ3) is 5.79. The number of methoxy groups -OCH3 is 1. The molecule has 0 amide bonds. The van der Waals surface area contributed by atoms with Crippen molar-refractivity contribution in [3.63, 3.8) is 0 Å². The van der Waals surface area contributed by atoms with Crippen molar-refractivity contribution in [1.82, 2.24) is 4.90 Å². The van der Waals surface area contributed by atoms with Crippen molar-refractivity contribution < 1.29 is 9.84 Å². The van der Waals surface area contributed by atoms with E-state index in [9.17, 15) is 0 Å². The second-order valence-electron chi connectivity index (χ2n) is 5.37. The van der Waals surface area contributed by atoms with Crippen LogP contribution in [-0.4, -0.2) is 36.3 Å². The van der Waals surface area contributed by atoms with Crippen LogP contribution in [0, 0.1) is 11.8 Å². The molecule has 0 unspecified atom stereocenters. The molecule has 0 aliphatic carbocycles. The zero-order valence-corrected chi connectivity index (χ0v) is 13.6. The Morgan fingerprint density at radius 1 is 1.33 bits per heavy atom. The first-order valence-electron chi connectivity index (χ1n) is 7.63. The van der Waals surface area contributed by atoms with E-state index in [2.05, 4.69) is 43.6 Å². The number of ether oxygens (including phenoxy) is 1. The summed E-state index contributed by atoms with van der Waals surface area (Å²) >= 11 is 0. The highest BCUT2D eigenvalue weighted by Gasteiger charge is 2.12. The van der Waals surface area contributed by atoms with E-state index in [1.54, 1.807) is 7.11 Å². The molecule has 116 valence electrons. The lowest BCUT2D eigenvalue weighted by Gasteiger charge is -2.26. The number of nitrogens with zero attached hydrogens (tertiary/aromatic N) is 1. The quantitative estimate of drug-likeness (QED) is 0.783. The summed E-state index contributed by atoms with van der Waals surface area (Å²) < 4.78 is 5.47. The van der Waals surface area contributed by atoms with Crippen LogP contribution in [0.3, 0.4) is 0 Å². The molecule has 3 heteroatoms. The van der Waals surface area contributed by atoms with E-state index >= 15 is 0 Å². The molecule has 0 radical (unpaired) electrons. The van der Waals surface area contributed by atoms with Crippen LogP contribution in [0.2, 0.25) is 0 Å². The summed E-state index contributed by atoms with van der Waals surface area (Å²) in [4.78, 5) is 2.43. The maximum absolute atomic E-state index is 8.79. The van der Waals surface area contributed by atoms with E-state index in [1.165, 1.54) is 0 Å². The topological polar surface area (TPSA) is 32.7 Å². The normalized spacial score (nSPS) is 10.6. The highest BCUT2D eigenvalue weighted by Crippen LogP contribution is 2.22. The van der Waals surface area contributed by atoms with Crippen molar-refractivity contribution >= 4 is 0 Å². The minimum absolute atomic E-state index is 0.105. The van der Waals surface area contributed by atoms with Gasteiger partial charge < -0.3 is 9.84 Å². The van der Waals surface area contributed by atoms with Gasteiger partial charge in [-0.1, -0.05) is 18.8 Å². The summed E-state index contributed by atoms with van der Waals surface area (Å²) in [6.45, 7) is 8.67. The van der Waals surface area contributed by atoms with Crippen molar-refractivity contribution in [2.45, 2.75) is 46.2 Å². The molecule has 21 heavy (non-hydrogen) atoms. The molecule has 3 nitrogen and oxygen atoms in total. The number of aliphatic hydroxyl groups is 1. The first kappa shape index (κ1) is 17.6. The number of benzene rings is 1. The van der Waals surface area contributed by atoms with Gasteiger partial charge in [-0.2, -0.15) is 0 Å². The van der Waals surface area contributed by atoms with Gasteiger partial charge in [-0.25, -0.2) is 0 Å². The van der Waals surface area contributed by atoms with Crippen LogP contribution in [-0.2, 0) is 6.54 Å². The predicted octanol–water partition coefficient (Wildman–Crippen LogP) is 3.05. The van der Waals surface area contributed by atoms with Gasteiger partial charge in [0.2, 0.25) is 0 Å². The van der Waals surface area contributed by atoms with Gasteiger partial charge in [0.05, 0.1) is 13.7 Å². The fourth-order valence-electron chi connectivity index (χ4n) is 2.23. The van der Waals surface area contributed by atoms with E-state index in [0.717, 1.165) is 36.4 Å². The van der Waals surface area contributed by atoms with Crippen molar-refractivity contribution in [1.29, 1.82) is 0 Å². The highest BCUT2D eigenvalue weighted by atomic mass is 16.5. The first-order chi connectivity index (χ1) is 10.1. The SMILES string of the molecule is CCCN(Cc1cc(C#CCCO)ccc1OC)C(C)C. The monoisotopic (exact) mass is 289 g/mol. The molecule has 0 fully saturated rings. The summed E-state index contributed by atoms with van der Waals surface area (Å²) in [6, 6.07) is 6.53. The molecular formula is C18H27NO2. The summed E-state index contributed by atoms with van der Waals surface area (Å²) in [5.74, 6) is 6.96. The number of rotatable bonds is 7. The van der Waals surface area contributed by atoms with Gasteiger partial charge in [0, 0.05) is 30.1 Å². The first-order valence-corrected chi connectivity index (χ1v) is 7.63. The highest BCUT2D eigenvalue weighted by molar-refractivity contribution is 5.44. The largest absolute Gasteiger partial charge is 0.496 e. The second-order valence-corrected chi connectivity index (χ2v) is 5.37. The Morgan fingerprint density at radius 3 is 2.67 bits per heavy atom. The van der Waals surface area contributed by atoms with Gasteiger partial charge in [-0.3, -0.25) is 4.90 Å². The minimum Gasteiger partial charge on any atom is -0.496 e. The van der Waals surface area contributed by atoms with Gasteiger partial charge >= 0.3 is 0 Å². The van der Waals surface area contributed by atoms with Crippen LogP contribution >= 0.6 is 0 Å². The fourth-order valence-corrected chi connectivity index (χ4v) is 2.23. The Bertz CT molecular complexity index is 486. The molecule has 1 aromatic carbocycles. The summed E-state index contributed by atoms with van der Waals surface area (Å²) in [5, 5.41) is 8.79. The third-order valence-corrected chi connectivity index (χ3v) is 3.36. The molecule has 0 saturated heterocycles. The average molecular weight is 289 g/mol. The summed E-state index contributed by atoms with van der Waals surface area (Å²) in [5.41, 5.74) is 2.13. The third-order valence-electron chi connectivity index (χ3n) is 3.36. The predicted molar refractivity (Wildman–Crippen MR) is 87.4 cm³/mol. The molecule has 0 aliphatic rings. The van der Waals surface area contributed by atoms with Crippen molar-refractivity contribution in [3.05, 3.63) is 29.3 Å². The van der Waals surface area contributed by atoms with E-state index in [-0.39, 0.29) is 6.61 Å². The van der Waals surface area contributed by atoms with Crippen LogP contribution in [0.1, 0.15) is 44.7 Å². The molecule has 0 bridgehead atoms. The summed E-state index contributed by atoms with van der Waals surface area (Å²) in [6.07, 6.45) is 1.64. The Hall–Kier alpha value is -1.50. The molecule has 0 saturated carbocycles. The van der Waals surface area contributed by atoms with Gasteiger partial charge in [0.25, 0.3) is 0 Å². The lowest BCUT2D eigenvalue weighted by atomic mass is 10.1. The Kier molecular flexibility index (Phi) is 7.89. The smallest absolute Gasteiger partial charge is 0.123 e. The minimum atomic E-state index is 0.105. The zero-order valence-electron chi connectivity index (χ0n) is 13.6. The maximum Gasteiger partial charge on any atom is 0.123 e. The van der Waals surface area contributed by atoms with E-state index in [0.29, 0.717) is 12.5 Å². The van der Waals surface area contributed by atoms with Crippen LogP contribution in [0.15, 0.2) is 18.2 Å². The molecule has 0 aromatic heterocycles. The molecule has 0 aliphatic heterocycles. The Morgan fingerprint density at radius 2 is 2.10 bits per heavy atom.